The van der Waals surface area contributed by atoms with E-state index in [9.17, 15) is 14.3 Å². The Balaban J connectivity index is 2.27. The lowest BCUT2D eigenvalue weighted by atomic mass is 10.1. The molecule has 0 unspecified atom stereocenters. The van der Waals surface area contributed by atoms with Crippen LogP contribution in [0.3, 0.4) is 0 Å². The fourth-order valence-electron chi connectivity index (χ4n) is 2.11. The lowest BCUT2D eigenvalue weighted by Crippen LogP contribution is -2.23. The van der Waals surface area contributed by atoms with E-state index < -0.39 is 5.97 Å². The van der Waals surface area contributed by atoms with Crippen LogP contribution >= 0.6 is 0 Å². The van der Waals surface area contributed by atoms with Crippen molar-refractivity contribution in [1.29, 1.82) is 0 Å². The molecule has 0 aliphatic heterocycles. The number of hydrogen-bond donors (Lipinski definition) is 1. The standard InChI is InChI=1S/C16H16FNO2/c1-2-18(14-9-7-13(17)8-10-14)11-12-5-3-4-6-15(12)16(19)20/h3-10H,2,11H2,1H3,(H,19,20). The van der Waals surface area contributed by atoms with Gasteiger partial charge in [0.25, 0.3) is 0 Å². The summed E-state index contributed by atoms with van der Waals surface area (Å²) in [5.41, 5.74) is 1.91. The summed E-state index contributed by atoms with van der Waals surface area (Å²) in [6.45, 7) is 3.16. The molecule has 20 heavy (non-hydrogen) atoms. The number of halogens is 1. The molecule has 3 nitrogen and oxygen atoms in total. The van der Waals surface area contributed by atoms with Crippen LogP contribution in [0.15, 0.2) is 48.5 Å². The number of benzene rings is 2. The molecule has 0 saturated carbocycles. The van der Waals surface area contributed by atoms with Gasteiger partial charge in [0.05, 0.1) is 5.56 Å². The number of carboxylic acid groups (broad SMARTS) is 1. The van der Waals surface area contributed by atoms with Gasteiger partial charge < -0.3 is 10.0 Å². The first-order chi connectivity index (χ1) is 9.61. The maximum atomic E-state index is 13.0. The summed E-state index contributed by atoms with van der Waals surface area (Å²) < 4.78 is 13.0. The smallest absolute Gasteiger partial charge is 0.336 e. The Labute approximate surface area is 117 Å². The minimum Gasteiger partial charge on any atom is -0.478 e. The Morgan fingerprint density at radius 3 is 2.40 bits per heavy atom. The van der Waals surface area contributed by atoms with Crippen molar-refractivity contribution in [2.45, 2.75) is 13.5 Å². The van der Waals surface area contributed by atoms with Crippen LogP contribution in [0.5, 0.6) is 0 Å². The highest BCUT2D eigenvalue weighted by Gasteiger charge is 2.12. The van der Waals surface area contributed by atoms with Gasteiger partial charge in [0.2, 0.25) is 0 Å². The van der Waals surface area contributed by atoms with Crippen LogP contribution < -0.4 is 4.90 Å². The number of carboxylic acids is 1. The minimum atomic E-state index is -0.934. The van der Waals surface area contributed by atoms with Crippen LogP contribution in [0.4, 0.5) is 10.1 Å². The fourth-order valence-corrected chi connectivity index (χ4v) is 2.11. The zero-order valence-electron chi connectivity index (χ0n) is 11.2. The van der Waals surface area contributed by atoms with E-state index in [1.807, 2.05) is 17.9 Å². The number of hydrogen-bond acceptors (Lipinski definition) is 2. The third-order valence-corrected chi connectivity index (χ3v) is 3.18. The average molecular weight is 273 g/mol. The van der Waals surface area contributed by atoms with Crippen molar-refractivity contribution in [3.8, 4) is 0 Å². The van der Waals surface area contributed by atoms with Gasteiger partial charge in [-0.3, -0.25) is 0 Å². The number of carbonyl (C=O) groups is 1. The number of rotatable bonds is 5. The molecule has 0 saturated heterocycles. The summed E-state index contributed by atoms with van der Waals surface area (Å²) in [7, 11) is 0. The Bertz CT molecular complexity index is 596. The van der Waals surface area contributed by atoms with Gasteiger partial charge in [-0.1, -0.05) is 18.2 Å². The summed E-state index contributed by atoms with van der Waals surface area (Å²) in [5.74, 6) is -1.22. The van der Waals surface area contributed by atoms with E-state index in [2.05, 4.69) is 0 Å². The van der Waals surface area contributed by atoms with Crippen molar-refractivity contribution in [2.75, 3.05) is 11.4 Å². The molecule has 0 fully saturated rings. The summed E-state index contributed by atoms with van der Waals surface area (Å²) in [6, 6.07) is 13.1. The molecule has 2 aromatic rings. The molecule has 0 bridgehead atoms. The van der Waals surface area contributed by atoms with E-state index >= 15 is 0 Å². The largest absolute Gasteiger partial charge is 0.478 e. The highest BCUT2D eigenvalue weighted by atomic mass is 19.1. The topological polar surface area (TPSA) is 40.5 Å². The molecule has 0 radical (unpaired) electrons. The molecule has 0 heterocycles. The molecule has 0 atom stereocenters. The van der Waals surface area contributed by atoms with Crippen LogP contribution in [0.25, 0.3) is 0 Å². The van der Waals surface area contributed by atoms with Gasteiger partial charge in [-0.25, -0.2) is 9.18 Å². The van der Waals surface area contributed by atoms with E-state index in [4.69, 9.17) is 0 Å². The molecule has 4 heteroatoms. The quantitative estimate of drug-likeness (QED) is 0.905. The first-order valence-corrected chi connectivity index (χ1v) is 6.43. The Kier molecular flexibility index (Phi) is 4.35. The molecule has 104 valence electrons. The van der Waals surface area contributed by atoms with E-state index in [1.165, 1.54) is 12.1 Å². The van der Waals surface area contributed by atoms with Crippen LogP contribution in [0.2, 0.25) is 0 Å². The third kappa shape index (κ3) is 3.15. The molecule has 0 aliphatic carbocycles. The van der Waals surface area contributed by atoms with Gasteiger partial charge in [0, 0.05) is 18.8 Å². The van der Waals surface area contributed by atoms with Gasteiger partial charge in [-0.2, -0.15) is 0 Å². The molecular formula is C16H16FNO2. The first kappa shape index (κ1) is 14.1. The molecule has 0 aliphatic rings. The summed E-state index contributed by atoms with van der Waals surface area (Å²) >= 11 is 0. The average Bonchev–Trinajstić information content (AvgIpc) is 2.46. The minimum absolute atomic E-state index is 0.282. The van der Waals surface area contributed by atoms with Crippen LogP contribution in [0.1, 0.15) is 22.8 Å². The number of aromatic carboxylic acids is 1. The fraction of sp³-hybridized carbons (Fsp3) is 0.188. The normalized spacial score (nSPS) is 10.3. The maximum absolute atomic E-state index is 13.0. The SMILES string of the molecule is CCN(Cc1ccccc1C(=O)O)c1ccc(F)cc1. The van der Waals surface area contributed by atoms with Gasteiger partial charge >= 0.3 is 5.97 Å². The van der Waals surface area contributed by atoms with Crippen molar-refractivity contribution in [3.05, 3.63) is 65.5 Å². The van der Waals surface area contributed by atoms with Gasteiger partial charge in [0.1, 0.15) is 5.82 Å². The maximum Gasteiger partial charge on any atom is 0.336 e. The van der Waals surface area contributed by atoms with Gasteiger partial charge in [-0.15, -0.1) is 0 Å². The first-order valence-electron chi connectivity index (χ1n) is 6.43. The number of nitrogens with zero attached hydrogens (tertiary/aromatic N) is 1. The molecule has 1 N–H and O–H groups in total. The van der Waals surface area contributed by atoms with Gasteiger partial charge in [-0.05, 0) is 42.8 Å². The zero-order valence-corrected chi connectivity index (χ0v) is 11.2. The van der Waals surface area contributed by atoms with Crippen molar-refractivity contribution >= 4 is 11.7 Å². The highest BCUT2D eigenvalue weighted by Crippen LogP contribution is 2.19. The predicted molar refractivity (Wildman–Crippen MR) is 76.5 cm³/mol. The van der Waals surface area contributed by atoms with E-state index in [-0.39, 0.29) is 5.82 Å². The lowest BCUT2D eigenvalue weighted by molar-refractivity contribution is 0.0695. The van der Waals surface area contributed by atoms with Crippen molar-refractivity contribution in [1.82, 2.24) is 0 Å². The Hall–Kier alpha value is -2.36. The van der Waals surface area contributed by atoms with E-state index in [0.717, 1.165) is 11.3 Å². The molecular weight excluding hydrogens is 257 g/mol. The predicted octanol–water partition coefficient (Wildman–Crippen LogP) is 3.55. The monoisotopic (exact) mass is 273 g/mol. The van der Waals surface area contributed by atoms with Crippen molar-refractivity contribution in [2.24, 2.45) is 0 Å². The van der Waals surface area contributed by atoms with Gasteiger partial charge in [0.15, 0.2) is 0 Å². The number of anilines is 1. The second-order valence-electron chi connectivity index (χ2n) is 4.45. The van der Waals surface area contributed by atoms with Crippen molar-refractivity contribution in [3.63, 3.8) is 0 Å². The highest BCUT2D eigenvalue weighted by molar-refractivity contribution is 5.89. The second kappa shape index (κ2) is 6.19. The van der Waals surface area contributed by atoms with E-state index in [1.54, 1.807) is 30.3 Å². The second-order valence-corrected chi connectivity index (χ2v) is 4.45. The Morgan fingerprint density at radius 1 is 1.15 bits per heavy atom. The Morgan fingerprint density at radius 2 is 1.80 bits per heavy atom. The van der Waals surface area contributed by atoms with E-state index in [0.29, 0.717) is 18.7 Å². The van der Waals surface area contributed by atoms with Crippen LogP contribution in [0, 0.1) is 5.82 Å². The lowest BCUT2D eigenvalue weighted by Gasteiger charge is -2.24. The summed E-state index contributed by atoms with van der Waals surface area (Å²) in [5, 5.41) is 9.19. The summed E-state index contributed by atoms with van der Waals surface area (Å²) in [4.78, 5) is 13.2. The molecule has 0 spiro atoms. The molecule has 2 rings (SSSR count). The van der Waals surface area contributed by atoms with Crippen LogP contribution in [-0.2, 0) is 6.54 Å². The van der Waals surface area contributed by atoms with Crippen molar-refractivity contribution < 1.29 is 14.3 Å². The van der Waals surface area contributed by atoms with Crippen LogP contribution in [-0.4, -0.2) is 17.6 Å². The molecule has 0 amide bonds. The molecule has 0 aromatic heterocycles. The third-order valence-electron chi connectivity index (χ3n) is 3.18. The zero-order chi connectivity index (χ0) is 14.5. The summed E-state index contributed by atoms with van der Waals surface area (Å²) in [6.07, 6.45) is 0. The molecule has 2 aromatic carbocycles.